The van der Waals surface area contributed by atoms with E-state index in [1.165, 1.54) is 23.9 Å². The second-order valence-corrected chi connectivity index (χ2v) is 4.01. The van der Waals surface area contributed by atoms with Crippen LogP contribution in [0.15, 0.2) is 18.3 Å². The third-order valence-corrected chi connectivity index (χ3v) is 2.76. The van der Waals surface area contributed by atoms with E-state index in [-0.39, 0.29) is 23.9 Å². The Morgan fingerprint density at radius 3 is 2.85 bits per heavy atom. The molecule has 0 aliphatic rings. The van der Waals surface area contributed by atoms with Crippen molar-refractivity contribution >= 4 is 17.3 Å². The van der Waals surface area contributed by atoms with Gasteiger partial charge in [0.2, 0.25) is 11.7 Å². The van der Waals surface area contributed by atoms with Crippen molar-refractivity contribution in [3.05, 3.63) is 34.0 Å². The fourth-order valence-electron chi connectivity index (χ4n) is 1.63. The average molecular weight is 278 g/mol. The number of aromatic nitrogens is 3. The zero-order valence-electron chi connectivity index (χ0n) is 11.0. The zero-order valence-corrected chi connectivity index (χ0v) is 11.0. The van der Waals surface area contributed by atoms with E-state index in [1.54, 1.807) is 13.2 Å². The van der Waals surface area contributed by atoms with Gasteiger partial charge in [0, 0.05) is 31.3 Å². The average Bonchev–Trinajstić information content (AvgIpc) is 2.76. The molecule has 0 saturated carbocycles. The number of nitro groups is 1. The summed E-state index contributed by atoms with van der Waals surface area (Å²) in [7, 11) is 3.15. The molecule has 2 rings (SSSR count). The summed E-state index contributed by atoms with van der Waals surface area (Å²) in [5.41, 5.74) is 6.40. The summed E-state index contributed by atoms with van der Waals surface area (Å²) in [6.07, 6.45) is 1.59. The van der Waals surface area contributed by atoms with E-state index in [1.807, 2.05) is 0 Å². The Kier molecular flexibility index (Phi) is 3.69. The molecule has 0 aliphatic heterocycles. The fourth-order valence-corrected chi connectivity index (χ4v) is 1.63. The van der Waals surface area contributed by atoms with Crippen molar-refractivity contribution in [2.75, 3.05) is 18.2 Å². The van der Waals surface area contributed by atoms with E-state index >= 15 is 0 Å². The van der Waals surface area contributed by atoms with Gasteiger partial charge in [0.15, 0.2) is 0 Å². The van der Waals surface area contributed by atoms with Crippen LogP contribution in [-0.4, -0.2) is 26.8 Å². The van der Waals surface area contributed by atoms with Gasteiger partial charge in [0.1, 0.15) is 5.82 Å². The number of ether oxygens (including phenoxy) is 1. The Balaban J connectivity index is 2.23. The Morgan fingerprint density at radius 1 is 1.55 bits per heavy atom. The Morgan fingerprint density at radius 2 is 2.30 bits per heavy atom. The lowest BCUT2D eigenvalue weighted by molar-refractivity contribution is -0.384. The standard InChI is InChI=1S/C11H14N6O3/c1-16-10(12)7(6-14-16)5-13-11-8(17(18)19)3-4-9(15-11)20-2/h3-4,6H,5,12H2,1-2H3,(H,13,15). The van der Waals surface area contributed by atoms with Gasteiger partial charge in [-0.15, -0.1) is 0 Å². The molecule has 20 heavy (non-hydrogen) atoms. The van der Waals surface area contributed by atoms with Crippen molar-refractivity contribution in [1.29, 1.82) is 0 Å². The SMILES string of the molecule is COc1ccc([N+](=O)[O-])c(NCc2cnn(C)c2N)n1. The maximum atomic E-state index is 10.9. The number of nitrogens with one attached hydrogen (secondary N) is 1. The Bertz CT molecular complexity index is 639. The predicted molar refractivity (Wildman–Crippen MR) is 72.4 cm³/mol. The van der Waals surface area contributed by atoms with Crippen LogP contribution in [-0.2, 0) is 13.6 Å². The lowest BCUT2D eigenvalue weighted by Crippen LogP contribution is -2.07. The van der Waals surface area contributed by atoms with E-state index in [0.717, 1.165) is 5.56 Å². The number of nitrogen functional groups attached to an aromatic ring is 1. The van der Waals surface area contributed by atoms with E-state index in [4.69, 9.17) is 10.5 Å². The number of methoxy groups -OCH3 is 1. The summed E-state index contributed by atoms with van der Waals surface area (Å²) in [4.78, 5) is 14.5. The smallest absolute Gasteiger partial charge is 0.311 e. The van der Waals surface area contributed by atoms with Crippen LogP contribution in [0.4, 0.5) is 17.3 Å². The summed E-state index contributed by atoms with van der Waals surface area (Å²) in [5, 5.41) is 17.8. The topological polar surface area (TPSA) is 121 Å². The van der Waals surface area contributed by atoms with Crippen molar-refractivity contribution < 1.29 is 9.66 Å². The molecule has 0 aromatic carbocycles. The molecule has 0 aliphatic carbocycles. The number of hydrogen-bond acceptors (Lipinski definition) is 7. The molecule has 0 radical (unpaired) electrons. The first-order valence-electron chi connectivity index (χ1n) is 5.72. The normalized spacial score (nSPS) is 10.3. The molecule has 3 N–H and O–H groups in total. The van der Waals surface area contributed by atoms with Gasteiger partial charge in [-0.05, 0) is 0 Å². The van der Waals surface area contributed by atoms with E-state index in [0.29, 0.717) is 5.82 Å². The summed E-state index contributed by atoms with van der Waals surface area (Å²) < 4.78 is 6.47. The van der Waals surface area contributed by atoms with Crippen LogP contribution < -0.4 is 15.8 Å². The summed E-state index contributed by atoms with van der Waals surface area (Å²) in [6, 6.07) is 2.77. The molecule has 0 spiro atoms. The molecule has 0 saturated heterocycles. The number of anilines is 2. The van der Waals surface area contributed by atoms with E-state index in [9.17, 15) is 10.1 Å². The van der Waals surface area contributed by atoms with Crippen LogP contribution in [0.3, 0.4) is 0 Å². The number of nitrogens with zero attached hydrogens (tertiary/aromatic N) is 4. The molecule has 0 bridgehead atoms. The minimum atomic E-state index is -0.513. The maximum absolute atomic E-state index is 10.9. The summed E-state index contributed by atoms with van der Waals surface area (Å²) >= 11 is 0. The first-order valence-corrected chi connectivity index (χ1v) is 5.72. The van der Waals surface area contributed by atoms with Crippen LogP contribution in [0.25, 0.3) is 0 Å². The van der Waals surface area contributed by atoms with Crippen molar-refractivity contribution in [2.45, 2.75) is 6.54 Å². The Hall–Kier alpha value is -2.84. The zero-order chi connectivity index (χ0) is 14.7. The molecule has 9 heteroatoms. The lowest BCUT2D eigenvalue weighted by atomic mass is 10.3. The highest BCUT2D eigenvalue weighted by molar-refractivity contribution is 5.57. The number of nitrogens with two attached hydrogens (primary N) is 1. The van der Waals surface area contributed by atoms with Crippen LogP contribution in [0.2, 0.25) is 0 Å². The highest BCUT2D eigenvalue weighted by atomic mass is 16.6. The Labute approximate surface area is 114 Å². The largest absolute Gasteiger partial charge is 0.481 e. The van der Waals surface area contributed by atoms with E-state index < -0.39 is 4.92 Å². The third kappa shape index (κ3) is 2.60. The highest BCUT2D eigenvalue weighted by Gasteiger charge is 2.17. The van der Waals surface area contributed by atoms with Gasteiger partial charge in [0.25, 0.3) is 0 Å². The third-order valence-electron chi connectivity index (χ3n) is 2.76. The highest BCUT2D eigenvalue weighted by Crippen LogP contribution is 2.25. The van der Waals surface area contributed by atoms with Crippen LogP contribution in [0, 0.1) is 10.1 Å². The fraction of sp³-hybridized carbons (Fsp3) is 0.273. The molecule has 0 amide bonds. The molecule has 0 atom stereocenters. The second-order valence-electron chi connectivity index (χ2n) is 4.01. The molecule has 106 valence electrons. The van der Waals surface area contributed by atoms with Crippen LogP contribution in [0.5, 0.6) is 5.88 Å². The van der Waals surface area contributed by atoms with E-state index in [2.05, 4.69) is 15.4 Å². The van der Waals surface area contributed by atoms with Crippen molar-refractivity contribution in [1.82, 2.24) is 14.8 Å². The van der Waals surface area contributed by atoms with Gasteiger partial charge in [-0.25, -0.2) is 0 Å². The van der Waals surface area contributed by atoms with Crippen molar-refractivity contribution in [3.63, 3.8) is 0 Å². The van der Waals surface area contributed by atoms with Gasteiger partial charge in [-0.3, -0.25) is 14.8 Å². The van der Waals surface area contributed by atoms with Gasteiger partial charge < -0.3 is 15.8 Å². The van der Waals surface area contributed by atoms with Gasteiger partial charge >= 0.3 is 5.69 Å². The van der Waals surface area contributed by atoms with Crippen molar-refractivity contribution in [3.8, 4) is 5.88 Å². The number of hydrogen-bond donors (Lipinski definition) is 2. The molecular formula is C11H14N6O3. The number of pyridine rings is 1. The molecule has 9 nitrogen and oxygen atoms in total. The minimum Gasteiger partial charge on any atom is -0.481 e. The number of rotatable bonds is 5. The molecule has 2 aromatic rings. The monoisotopic (exact) mass is 278 g/mol. The summed E-state index contributed by atoms with van der Waals surface area (Å²) in [5.74, 6) is 0.901. The molecular weight excluding hydrogens is 264 g/mol. The molecule has 0 unspecified atom stereocenters. The number of aryl methyl sites for hydroxylation is 1. The lowest BCUT2D eigenvalue weighted by Gasteiger charge is -2.07. The first kappa shape index (κ1) is 13.6. The quantitative estimate of drug-likeness (QED) is 0.616. The summed E-state index contributed by atoms with van der Waals surface area (Å²) in [6.45, 7) is 0.278. The van der Waals surface area contributed by atoms with Gasteiger partial charge in [0.05, 0.1) is 18.2 Å². The molecule has 2 aromatic heterocycles. The predicted octanol–water partition coefficient (Wildman–Crippen LogP) is 0.926. The van der Waals surface area contributed by atoms with Crippen LogP contribution >= 0.6 is 0 Å². The molecule has 2 heterocycles. The maximum Gasteiger partial charge on any atom is 0.311 e. The first-order chi connectivity index (χ1) is 9.52. The van der Waals surface area contributed by atoms with Gasteiger partial charge in [-0.1, -0.05) is 0 Å². The van der Waals surface area contributed by atoms with Gasteiger partial charge in [-0.2, -0.15) is 10.1 Å². The minimum absolute atomic E-state index is 0.123. The molecule has 0 fully saturated rings. The van der Waals surface area contributed by atoms with Crippen molar-refractivity contribution in [2.24, 2.45) is 7.05 Å². The van der Waals surface area contributed by atoms with Crippen LogP contribution in [0.1, 0.15) is 5.56 Å². The second kappa shape index (κ2) is 5.43.